The number of hydrogen-bond donors (Lipinski definition) is 1. The molecule has 21 heavy (non-hydrogen) atoms. The molecule has 1 N–H and O–H groups in total. The van der Waals surface area contributed by atoms with Crippen LogP contribution >= 0.6 is 0 Å². The lowest BCUT2D eigenvalue weighted by Gasteiger charge is -2.17. The van der Waals surface area contributed by atoms with Crippen LogP contribution in [0.2, 0.25) is 0 Å². The van der Waals surface area contributed by atoms with E-state index in [1.165, 1.54) is 0 Å². The maximum absolute atomic E-state index is 12.4. The largest absolute Gasteiger partial charge is 0.264 e. The Morgan fingerprint density at radius 2 is 2.00 bits per heavy atom. The summed E-state index contributed by atoms with van der Waals surface area (Å²) in [5.74, 6) is 0. The first kappa shape index (κ1) is 15.4. The van der Waals surface area contributed by atoms with Crippen molar-refractivity contribution in [3.8, 4) is 0 Å². The normalized spacial score (nSPS) is 12.8. The van der Waals surface area contributed by atoms with E-state index in [4.69, 9.17) is 0 Å². The van der Waals surface area contributed by atoms with E-state index in [9.17, 15) is 8.42 Å². The fourth-order valence-corrected chi connectivity index (χ4v) is 3.21. The molecule has 0 bridgehead atoms. The summed E-state index contributed by atoms with van der Waals surface area (Å²) in [6.07, 6.45) is 5.50. The summed E-state index contributed by atoms with van der Waals surface area (Å²) in [6, 6.07) is 10.0. The summed E-state index contributed by atoms with van der Waals surface area (Å²) in [5.41, 5.74) is 1.83. The molecule has 2 aromatic rings. The number of pyridine rings is 1. The molecule has 0 aliphatic rings. The van der Waals surface area contributed by atoms with Crippen LogP contribution in [-0.4, -0.2) is 13.4 Å². The molecular formula is C16H18N2O2S. The molecule has 110 valence electrons. The quantitative estimate of drug-likeness (QED) is 0.835. The van der Waals surface area contributed by atoms with Crippen LogP contribution in [0, 0.1) is 6.92 Å². The maximum atomic E-state index is 12.4. The molecular weight excluding hydrogens is 284 g/mol. The van der Waals surface area contributed by atoms with Crippen LogP contribution in [0.15, 0.2) is 66.3 Å². The average molecular weight is 302 g/mol. The molecule has 0 amide bonds. The number of sulfonamides is 1. The molecule has 1 heterocycles. The molecule has 1 aromatic heterocycles. The Bertz CT molecular complexity index is 695. The lowest BCUT2D eigenvalue weighted by atomic mass is 10.1. The van der Waals surface area contributed by atoms with Crippen molar-refractivity contribution in [1.82, 2.24) is 9.71 Å². The molecule has 1 unspecified atom stereocenters. The second kappa shape index (κ2) is 6.65. The van der Waals surface area contributed by atoms with Crippen molar-refractivity contribution in [2.24, 2.45) is 0 Å². The van der Waals surface area contributed by atoms with E-state index in [1.807, 2.05) is 13.0 Å². The van der Waals surface area contributed by atoms with Gasteiger partial charge in [-0.2, -0.15) is 0 Å². The Kier molecular flexibility index (Phi) is 4.88. The Morgan fingerprint density at radius 1 is 1.29 bits per heavy atom. The zero-order chi connectivity index (χ0) is 15.3. The van der Waals surface area contributed by atoms with Gasteiger partial charge in [-0.15, -0.1) is 6.58 Å². The van der Waals surface area contributed by atoms with E-state index in [0.717, 1.165) is 11.1 Å². The minimum Gasteiger partial charge on any atom is -0.264 e. The van der Waals surface area contributed by atoms with Gasteiger partial charge in [0, 0.05) is 12.4 Å². The minimum atomic E-state index is -3.57. The zero-order valence-corrected chi connectivity index (χ0v) is 12.7. The maximum Gasteiger partial charge on any atom is 0.241 e. The van der Waals surface area contributed by atoms with Gasteiger partial charge < -0.3 is 0 Å². The molecule has 5 heteroatoms. The van der Waals surface area contributed by atoms with Crippen molar-refractivity contribution in [1.29, 1.82) is 0 Å². The number of aryl methyl sites for hydroxylation is 1. The predicted molar refractivity (Wildman–Crippen MR) is 83.3 cm³/mol. The molecule has 2 rings (SSSR count). The molecule has 0 aliphatic heterocycles. The first-order valence-corrected chi connectivity index (χ1v) is 8.11. The van der Waals surface area contributed by atoms with E-state index in [0.29, 0.717) is 6.42 Å². The third-order valence-electron chi connectivity index (χ3n) is 3.12. The van der Waals surface area contributed by atoms with Crippen LogP contribution in [0.5, 0.6) is 0 Å². The predicted octanol–water partition coefficient (Wildman–Crippen LogP) is 2.99. The zero-order valence-electron chi connectivity index (χ0n) is 11.9. The van der Waals surface area contributed by atoms with Gasteiger partial charge in [0.25, 0.3) is 0 Å². The summed E-state index contributed by atoms with van der Waals surface area (Å²) in [4.78, 5) is 4.29. The first-order chi connectivity index (χ1) is 10.0. The van der Waals surface area contributed by atoms with Crippen molar-refractivity contribution in [3.63, 3.8) is 0 Å². The number of benzene rings is 1. The number of aromatic nitrogens is 1. The smallest absolute Gasteiger partial charge is 0.241 e. The molecule has 4 nitrogen and oxygen atoms in total. The highest BCUT2D eigenvalue weighted by Crippen LogP contribution is 2.20. The number of nitrogens with one attached hydrogen (secondary N) is 1. The van der Waals surface area contributed by atoms with Gasteiger partial charge in [0.05, 0.1) is 10.9 Å². The van der Waals surface area contributed by atoms with Gasteiger partial charge in [0.2, 0.25) is 10.0 Å². The van der Waals surface area contributed by atoms with E-state index in [1.54, 1.807) is 48.8 Å². The highest BCUT2D eigenvalue weighted by atomic mass is 32.2. The van der Waals surface area contributed by atoms with Crippen molar-refractivity contribution in [2.75, 3.05) is 0 Å². The highest BCUT2D eigenvalue weighted by molar-refractivity contribution is 7.89. The molecule has 0 aliphatic carbocycles. The van der Waals surface area contributed by atoms with Crippen molar-refractivity contribution in [3.05, 3.63) is 72.6 Å². The summed E-state index contributed by atoms with van der Waals surface area (Å²) in [6.45, 7) is 5.60. The van der Waals surface area contributed by atoms with Crippen molar-refractivity contribution in [2.45, 2.75) is 24.3 Å². The standard InChI is InChI=1S/C16H18N2O2S/c1-3-5-16(14-6-4-11-17-12-14)18-21(19,20)15-9-7-13(2)8-10-15/h3-4,6-12,16,18H,1,5H2,2H3. The molecule has 0 radical (unpaired) electrons. The monoisotopic (exact) mass is 302 g/mol. The molecule has 0 spiro atoms. The van der Waals surface area contributed by atoms with Crippen LogP contribution < -0.4 is 4.72 Å². The molecule has 1 atom stereocenters. The van der Waals surface area contributed by atoms with E-state index >= 15 is 0 Å². The Hall–Kier alpha value is -1.98. The van der Waals surface area contributed by atoms with Crippen LogP contribution in [0.1, 0.15) is 23.6 Å². The van der Waals surface area contributed by atoms with Crippen LogP contribution in [-0.2, 0) is 10.0 Å². The van der Waals surface area contributed by atoms with Gasteiger partial charge in [-0.1, -0.05) is 29.8 Å². The minimum absolute atomic E-state index is 0.256. The summed E-state index contributed by atoms with van der Waals surface area (Å²) in [7, 11) is -3.57. The van der Waals surface area contributed by atoms with Gasteiger partial charge in [-0.05, 0) is 37.1 Å². The van der Waals surface area contributed by atoms with E-state index < -0.39 is 10.0 Å². The van der Waals surface area contributed by atoms with Gasteiger partial charge in [-0.3, -0.25) is 4.98 Å². The second-order valence-corrected chi connectivity index (χ2v) is 6.51. The Labute approximate surface area is 125 Å². The Balaban J connectivity index is 2.27. The first-order valence-electron chi connectivity index (χ1n) is 6.63. The number of rotatable bonds is 6. The van der Waals surface area contributed by atoms with Crippen LogP contribution in [0.4, 0.5) is 0 Å². The topological polar surface area (TPSA) is 59.1 Å². The third-order valence-corrected chi connectivity index (χ3v) is 4.61. The number of nitrogens with zero attached hydrogens (tertiary/aromatic N) is 1. The fourth-order valence-electron chi connectivity index (χ4n) is 1.97. The summed E-state index contributed by atoms with van der Waals surface area (Å²) < 4.78 is 27.6. The van der Waals surface area contributed by atoms with Gasteiger partial charge in [0.1, 0.15) is 0 Å². The molecule has 0 saturated heterocycles. The van der Waals surface area contributed by atoms with Crippen molar-refractivity contribution < 1.29 is 8.42 Å². The van der Waals surface area contributed by atoms with Crippen molar-refractivity contribution >= 4 is 10.0 Å². The molecule has 0 saturated carbocycles. The molecule has 0 fully saturated rings. The fraction of sp³-hybridized carbons (Fsp3) is 0.188. The van der Waals surface area contributed by atoms with Gasteiger partial charge in [0.15, 0.2) is 0 Å². The Morgan fingerprint density at radius 3 is 2.57 bits per heavy atom. The number of hydrogen-bond acceptors (Lipinski definition) is 3. The second-order valence-electron chi connectivity index (χ2n) is 4.80. The highest BCUT2D eigenvalue weighted by Gasteiger charge is 2.20. The van der Waals surface area contributed by atoms with E-state index in [2.05, 4.69) is 16.3 Å². The van der Waals surface area contributed by atoms with Gasteiger partial charge >= 0.3 is 0 Å². The SMILES string of the molecule is C=CCC(NS(=O)(=O)c1ccc(C)cc1)c1cccnc1. The van der Waals surface area contributed by atoms with E-state index in [-0.39, 0.29) is 10.9 Å². The summed E-state index contributed by atoms with van der Waals surface area (Å²) >= 11 is 0. The lowest BCUT2D eigenvalue weighted by molar-refractivity contribution is 0.557. The summed E-state index contributed by atoms with van der Waals surface area (Å²) in [5, 5.41) is 0. The van der Waals surface area contributed by atoms with Gasteiger partial charge in [-0.25, -0.2) is 13.1 Å². The lowest BCUT2D eigenvalue weighted by Crippen LogP contribution is -2.28. The average Bonchev–Trinajstić information content (AvgIpc) is 2.48. The van der Waals surface area contributed by atoms with Crippen LogP contribution in [0.25, 0.3) is 0 Å². The van der Waals surface area contributed by atoms with Crippen LogP contribution in [0.3, 0.4) is 0 Å². The third kappa shape index (κ3) is 4.00. The molecule has 1 aromatic carbocycles.